The zero-order valence-corrected chi connectivity index (χ0v) is 15.9. The summed E-state index contributed by atoms with van der Waals surface area (Å²) in [6.45, 7) is 3.31. The van der Waals surface area contributed by atoms with Crippen LogP contribution < -0.4 is 4.90 Å². The number of aryl methyl sites for hydroxylation is 2. The molecule has 0 heterocycles. The number of Topliss-reactive ketones (excluding diaryl/α,β-unsaturated/α-hetero) is 1. The SMILES string of the molecule is Cc1ccc(C)c(C(=O)COC(=O)/C(C#N)=C\c2ccc(N(C)C)cc2)c1. The molecule has 0 aliphatic heterocycles. The van der Waals surface area contributed by atoms with Crippen molar-refractivity contribution in [1.29, 1.82) is 5.26 Å². The van der Waals surface area contributed by atoms with Gasteiger partial charge in [0.1, 0.15) is 11.6 Å². The third kappa shape index (κ3) is 5.29. The monoisotopic (exact) mass is 362 g/mol. The van der Waals surface area contributed by atoms with E-state index < -0.39 is 12.6 Å². The molecule has 0 radical (unpaired) electrons. The molecule has 0 saturated carbocycles. The average molecular weight is 362 g/mol. The van der Waals surface area contributed by atoms with Crippen LogP contribution in [0.3, 0.4) is 0 Å². The lowest BCUT2D eigenvalue weighted by Gasteiger charge is -2.11. The Morgan fingerprint density at radius 2 is 1.78 bits per heavy atom. The summed E-state index contributed by atoms with van der Waals surface area (Å²) in [4.78, 5) is 26.4. The molecule has 0 atom stereocenters. The molecule has 0 spiro atoms. The van der Waals surface area contributed by atoms with Crippen molar-refractivity contribution in [3.63, 3.8) is 0 Å². The largest absolute Gasteiger partial charge is 0.453 e. The molecule has 0 unspecified atom stereocenters. The van der Waals surface area contributed by atoms with Gasteiger partial charge in [0.2, 0.25) is 5.78 Å². The molecule has 5 heteroatoms. The van der Waals surface area contributed by atoms with E-state index in [1.165, 1.54) is 6.08 Å². The summed E-state index contributed by atoms with van der Waals surface area (Å²) in [5.41, 5.74) is 3.85. The third-order valence-corrected chi connectivity index (χ3v) is 4.09. The van der Waals surface area contributed by atoms with Gasteiger partial charge in [-0.15, -0.1) is 0 Å². The van der Waals surface area contributed by atoms with Gasteiger partial charge in [0.25, 0.3) is 0 Å². The fourth-order valence-corrected chi connectivity index (χ4v) is 2.50. The van der Waals surface area contributed by atoms with Crippen LogP contribution in [0.1, 0.15) is 27.0 Å². The number of ketones is 1. The van der Waals surface area contributed by atoms with Crippen LogP contribution in [0.15, 0.2) is 48.0 Å². The van der Waals surface area contributed by atoms with Crippen molar-refractivity contribution in [2.45, 2.75) is 13.8 Å². The second-order valence-corrected chi connectivity index (χ2v) is 6.47. The first-order valence-electron chi connectivity index (χ1n) is 8.48. The summed E-state index contributed by atoms with van der Waals surface area (Å²) in [5.74, 6) is -1.11. The third-order valence-electron chi connectivity index (χ3n) is 4.09. The zero-order valence-electron chi connectivity index (χ0n) is 15.9. The highest BCUT2D eigenvalue weighted by Crippen LogP contribution is 2.16. The lowest BCUT2D eigenvalue weighted by molar-refractivity contribution is -0.137. The molecule has 2 aromatic rings. The van der Waals surface area contributed by atoms with E-state index >= 15 is 0 Å². The van der Waals surface area contributed by atoms with Crippen molar-refractivity contribution in [3.8, 4) is 6.07 Å². The van der Waals surface area contributed by atoms with Crippen molar-refractivity contribution in [1.82, 2.24) is 0 Å². The number of rotatable bonds is 6. The van der Waals surface area contributed by atoms with Crippen molar-refractivity contribution < 1.29 is 14.3 Å². The standard InChI is InChI=1S/C22H22N2O3/c1-15-5-6-16(2)20(11-15)21(25)14-27-22(26)18(13-23)12-17-7-9-19(10-8-17)24(3)4/h5-12H,14H2,1-4H3/b18-12-. The minimum atomic E-state index is -0.812. The summed E-state index contributed by atoms with van der Waals surface area (Å²) >= 11 is 0. The highest BCUT2D eigenvalue weighted by molar-refractivity contribution is 6.02. The Bertz CT molecular complexity index is 920. The molecule has 0 bridgehead atoms. The van der Waals surface area contributed by atoms with Gasteiger partial charge >= 0.3 is 5.97 Å². The quantitative estimate of drug-likeness (QED) is 0.339. The fourth-order valence-electron chi connectivity index (χ4n) is 2.50. The average Bonchev–Trinajstić information content (AvgIpc) is 2.66. The number of hydrogen-bond acceptors (Lipinski definition) is 5. The van der Waals surface area contributed by atoms with E-state index in [0.717, 1.165) is 16.8 Å². The number of ether oxygens (including phenoxy) is 1. The minimum Gasteiger partial charge on any atom is -0.453 e. The normalized spacial score (nSPS) is 10.9. The summed E-state index contributed by atoms with van der Waals surface area (Å²) in [6, 6.07) is 14.7. The van der Waals surface area contributed by atoms with Gasteiger partial charge in [-0.1, -0.05) is 29.8 Å². The molecule has 138 valence electrons. The maximum atomic E-state index is 12.3. The van der Waals surface area contributed by atoms with Crippen LogP contribution >= 0.6 is 0 Å². The summed E-state index contributed by atoms with van der Waals surface area (Å²) in [5, 5.41) is 9.25. The van der Waals surface area contributed by atoms with Crippen molar-refractivity contribution in [3.05, 3.63) is 70.3 Å². The predicted molar refractivity (Wildman–Crippen MR) is 106 cm³/mol. The van der Waals surface area contributed by atoms with Gasteiger partial charge in [-0.3, -0.25) is 4.79 Å². The number of carbonyl (C=O) groups excluding carboxylic acids is 2. The highest BCUT2D eigenvalue weighted by Gasteiger charge is 2.15. The molecule has 0 saturated heterocycles. The number of nitriles is 1. The number of anilines is 1. The van der Waals surface area contributed by atoms with Crippen LogP contribution in [0.2, 0.25) is 0 Å². The van der Waals surface area contributed by atoms with Gasteiger partial charge < -0.3 is 9.64 Å². The molecule has 2 rings (SSSR count). The van der Waals surface area contributed by atoms with Gasteiger partial charge in [-0.25, -0.2) is 4.79 Å². The van der Waals surface area contributed by atoms with Crippen LogP contribution in [-0.2, 0) is 9.53 Å². The molecule has 0 aliphatic rings. The van der Waals surface area contributed by atoms with Crippen LogP contribution in [0.5, 0.6) is 0 Å². The fraction of sp³-hybridized carbons (Fsp3) is 0.227. The Morgan fingerprint density at radius 1 is 1.11 bits per heavy atom. The lowest BCUT2D eigenvalue weighted by Crippen LogP contribution is -2.16. The first kappa shape index (κ1) is 19.9. The van der Waals surface area contributed by atoms with Gasteiger partial charge in [0, 0.05) is 25.3 Å². The Labute approximate surface area is 159 Å². The van der Waals surface area contributed by atoms with E-state index in [2.05, 4.69) is 0 Å². The van der Waals surface area contributed by atoms with E-state index in [1.807, 2.05) is 63.2 Å². The van der Waals surface area contributed by atoms with Crippen LogP contribution in [0.25, 0.3) is 6.08 Å². The van der Waals surface area contributed by atoms with Crippen molar-refractivity contribution in [2.24, 2.45) is 0 Å². The second-order valence-electron chi connectivity index (χ2n) is 6.47. The smallest absolute Gasteiger partial charge is 0.349 e. The Morgan fingerprint density at radius 3 is 2.37 bits per heavy atom. The highest BCUT2D eigenvalue weighted by atomic mass is 16.5. The molecular formula is C22H22N2O3. The van der Waals surface area contributed by atoms with Gasteiger partial charge in [0.15, 0.2) is 6.61 Å². The van der Waals surface area contributed by atoms with E-state index in [4.69, 9.17) is 4.74 Å². The Hall–Kier alpha value is -3.39. The van der Waals surface area contributed by atoms with Crippen LogP contribution in [0, 0.1) is 25.2 Å². The molecule has 0 amide bonds. The number of benzene rings is 2. The van der Waals surface area contributed by atoms with Crippen LogP contribution in [0.4, 0.5) is 5.69 Å². The molecule has 0 aromatic heterocycles. The Kier molecular flexibility index (Phi) is 6.51. The molecule has 2 aromatic carbocycles. The molecular weight excluding hydrogens is 340 g/mol. The molecule has 0 aliphatic carbocycles. The number of nitrogens with zero attached hydrogens (tertiary/aromatic N) is 2. The zero-order chi connectivity index (χ0) is 20.0. The second kappa shape index (κ2) is 8.81. The lowest BCUT2D eigenvalue weighted by atomic mass is 10.0. The van der Waals surface area contributed by atoms with Gasteiger partial charge in [-0.2, -0.15) is 5.26 Å². The van der Waals surface area contributed by atoms with Crippen molar-refractivity contribution in [2.75, 3.05) is 25.6 Å². The summed E-state index contributed by atoms with van der Waals surface area (Å²) < 4.78 is 5.05. The van der Waals surface area contributed by atoms with Gasteiger partial charge in [0.05, 0.1) is 0 Å². The van der Waals surface area contributed by atoms with Crippen molar-refractivity contribution >= 4 is 23.5 Å². The first-order valence-corrected chi connectivity index (χ1v) is 8.48. The molecule has 5 nitrogen and oxygen atoms in total. The van der Waals surface area contributed by atoms with E-state index in [1.54, 1.807) is 18.2 Å². The number of carbonyl (C=O) groups is 2. The first-order chi connectivity index (χ1) is 12.8. The maximum Gasteiger partial charge on any atom is 0.349 e. The summed E-state index contributed by atoms with van der Waals surface area (Å²) in [6.07, 6.45) is 1.45. The summed E-state index contributed by atoms with van der Waals surface area (Å²) in [7, 11) is 3.85. The van der Waals surface area contributed by atoms with E-state index in [-0.39, 0.29) is 11.4 Å². The number of esters is 1. The molecule has 0 N–H and O–H groups in total. The Balaban J connectivity index is 2.07. The van der Waals surface area contributed by atoms with Gasteiger partial charge in [-0.05, 0) is 49.2 Å². The van der Waals surface area contributed by atoms with E-state index in [0.29, 0.717) is 11.1 Å². The minimum absolute atomic E-state index is 0.152. The maximum absolute atomic E-state index is 12.3. The number of hydrogen-bond donors (Lipinski definition) is 0. The molecule has 27 heavy (non-hydrogen) atoms. The topological polar surface area (TPSA) is 70.4 Å². The van der Waals surface area contributed by atoms with Crippen LogP contribution in [-0.4, -0.2) is 32.5 Å². The molecule has 0 fully saturated rings. The van der Waals surface area contributed by atoms with E-state index in [9.17, 15) is 14.9 Å². The predicted octanol–water partition coefficient (Wildman–Crippen LogP) is 3.70.